The summed E-state index contributed by atoms with van der Waals surface area (Å²) in [6.07, 6.45) is 1.82. The molecular weight excluding hydrogens is 418 g/mol. The first-order chi connectivity index (χ1) is 14.9. The molecule has 1 aliphatic rings. The highest BCUT2D eigenvalue weighted by molar-refractivity contribution is 7.99. The summed E-state index contributed by atoms with van der Waals surface area (Å²) in [6, 6.07) is 5.18. The van der Waals surface area contributed by atoms with E-state index in [0.717, 1.165) is 5.69 Å². The molecule has 3 aromatic rings. The zero-order valence-corrected chi connectivity index (χ0v) is 18.3. The normalized spacial score (nSPS) is 15.1. The predicted octanol–water partition coefficient (Wildman–Crippen LogP) is 0.671. The Hall–Kier alpha value is -3.21. The van der Waals surface area contributed by atoms with Crippen molar-refractivity contribution in [3.8, 4) is 11.5 Å². The quantitative estimate of drug-likeness (QED) is 0.559. The number of hydrogen-bond acceptors (Lipinski definition) is 7. The minimum Gasteiger partial charge on any atom is -0.354 e. The van der Waals surface area contributed by atoms with Crippen molar-refractivity contribution < 1.29 is 4.79 Å². The van der Waals surface area contributed by atoms with Crippen LogP contribution in [0.4, 0.5) is 0 Å². The Morgan fingerprint density at radius 2 is 2.10 bits per heavy atom. The Morgan fingerprint density at radius 3 is 2.84 bits per heavy atom. The van der Waals surface area contributed by atoms with Crippen LogP contribution in [0.3, 0.4) is 0 Å². The summed E-state index contributed by atoms with van der Waals surface area (Å²) < 4.78 is 4.36. The largest absolute Gasteiger partial charge is 0.354 e. The molecule has 1 amide bonds. The summed E-state index contributed by atoms with van der Waals surface area (Å²) in [5.41, 5.74) is 1.56. The molecule has 0 spiro atoms. The third kappa shape index (κ3) is 4.05. The molecular formula is C20H23N7O3S. The van der Waals surface area contributed by atoms with Gasteiger partial charge in [0.1, 0.15) is 5.69 Å². The van der Waals surface area contributed by atoms with Crippen LogP contribution in [0.15, 0.2) is 39.1 Å². The molecule has 0 aliphatic carbocycles. The van der Waals surface area contributed by atoms with Gasteiger partial charge in [-0.15, -0.1) is 5.10 Å². The van der Waals surface area contributed by atoms with Crippen molar-refractivity contribution in [2.75, 3.05) is 12.3 Å². The van der Waals surface area contributed by atoms with Crippen LogP contribution in [0.1, 0.15) is 23.7 Å². The highest BCUT2D eigenvalue weighted by Gasteiger charge is 2.28. The number of nitrogens with one attached hydrogen (secondary N) is 1. The first-order valence-electron chi connectivity index (χ1n) is 9.91. The van der Waals surface area contributed by atoms with Crippen LogP contribution in [0.2, 0.25) is 0 Å². The van der Waals surface area contributed by atoms with Crippen molar-refractivity contribution in [3.63, 3.8) is 0 Å². The number of carbonyl (C=O) groups excluding carboxylic acids is 1. The molecule has 1 N–H and O–H groups in total. The van der Waals surface area contributed by atoms with Crippen LogP contribution < -0.4 is 16.6 Å². The Bertz CT molecular complexity index is 1250. The number of pyridine rings is 1. The topological polar surface area (TPSA) is 117 Å². The highest BCUT2D eigenvalue weighted by atomic mass is 32.2. The van der Waals surface area contributed by atoms with E-state index in [1.54, 1.807) is 36.9 Å². The van der Waals surface area contributed by atoms with Gasteiger partial charge in [0.25, 0.3) is 5.56 Å². The summed E-state index contributed by atoms with van der Waals surface area (Å²) in [5.74, 6) is 0.914. The molecule has 0 unspecified atom stereocenters. The first kappa shape index (κ1) is 21.0. The van der Waals surface area contributed by atoms with E-state index in [9.17, 15) is 14.4 Å². The lowest BCUT2D eigenvalue weighted by Crippen LogP contribution is -2.34. The molecule has 1 aliphatic heterocycles. The fraction of sp³-hybridized carbons (Fsp3) is 0.400. The Kier molecular flexibility index (Phi) is 5.77. The first-order valence-corrected chi connectivity index (χ1v) is 10.9. The second-order valence-electron chi connectivity index (χ2n) is 7.40. The van der Waals surface area contributed by atoms with Crippen molar-refractivity contribution >= 4 is 17.7 Å². The smallest absolute Gasteiger partial charge is 0.346 e. The minimum atomic E-state index is -0.278. The van der Waals surface area contributed by atoms with Crippen molar-refractivity contribution in [2.24, 2.45) is 7.05 Å². The van der Waals surface area contributed by atoms with E-state index < -0.39 is 0 Å². The summed E-state index contributed by atoms with van der Waals surface area (Å²) in [6.45, 7) is 4.06. The maximum atomic E-state index is 12.6. The molecule has 0 bridgehead atoms. The van der Waals surface area contributed by atoms with E-state index in [1.807, 2.05) is 13.0 Å². The molecule has 4 heterocycles. The molecule has 0 fully saturated rings. The van der Waals surface area contributed by atoms with Crippen molar-refractivity contribution in [3.05, 3.63) is 56.5 Å². The number of thioether (sulfide) groups is 1. The zero-order valence-electron chi connectivity index (χ0n) is 17.5. The van der Waals surface area contributed by atoms with Crippen molar-refractivity contribution in [2.45, 2.75) is 38.0 Å². The van der Waals surface area contributed by atoms with Crippen LogP contribution in [0.5, 0.6) is 0 Å². The number of hydrogen-bond donors (Lipinski definition) is 1. The van der Waals surface area contributed by atoms with Gasteiger partial charge in [0, 0.05) is 43.2 Å². The standard InChI is InChI=1S/C20H23N7O3S/c1-12-13(2)23-19-27(18(12)29)14(11-31-19)10-16(28)22-8-9-26-20(30)25(3)17(24-26)15-6-4-5-7-21-15/h4-7,14H,8-11H2,1-3H3,(H,22,28)/t14-/m0/s1. The predicted molar refractivity (Wildman–Crippen MR) is 116 cm³/mol. The number of aromatic nitrogens is 6. The van der Waals surface area contributed by atoms with E-state index in [4.69, 9.17) is 0 Å². The Labute approximate surface area is 182 Å². The Morgan fingerprint density at radius 1 is 1.29 bits per heavy atom. The zero-order chi connectivity index (χ0) is 22.1. The van der Waals surface area contributed by atoms with Gasteiger partial charge in [-0.05, 0) is 26.0 Å². The summed E-state index contributed by atoms with van der Waals surface area (Å²) in [7, 11) is 1.64. The van der Waals surface area contributed by atoms with Crippen LogP contribution in [-0.4, -0.2) is 47.1 Å². The number of nitrogens with zero attached hydrogens (tertiary/aromatic N) is 6. The molecule has 0 radical (unpaired) electrons. The maximum absolute atomic E-state index is 12.6. The fourth-order valence-electron chi connectivity index (χ4n) is 3.46. The summed E-state index contributed by atoms with van der Waals surface area (Å²) in [4.78, 5) is 46.2. The minimum absolute atomic E-state index is 0.0904. The number of amides is 1. The van der Waals surface area contributed by atoms with Gasteiger partial charge in [0.15, 0.2) is 11.0 Å². The molecule has 162 valence electrons. The molecule has 0 aromatic carbocycles. The number of carbonyl (C=O) groups is 1. The van der Waals surface area contributed by atoms with E-state index >= 15 is 0 Å². The van der Waals surface area contributed by atoms with E-state index in [2.05, 4.69) is 20.4 Å². The number of aryl methyl sites for hydroxylation is 1. The number of fused-ring (bicyclic) bond motifs is 1. The van der Waals surface area contributed by atoms with Gasteiger partial charge in [-0.25, -0.2) is 14.5 Å². The van der Waals surface area contributed by atoms with Gasteiger partial charge in [0.05, 0.1) is 12.6 Å². The van der Waals surface area contributed by atoms with Crippen molar-refractivity contribution in [1.29, 1.82) is 0 Å². The van der Waals surface area contributed by atoms with Crippen LogP contribution in [0.25, 0.3) is 11.5 Å². The SMILES string of the molecule is Cc1nc2n(c(=O)c1C)[C@@H](CC(=O)NCCn1nc(-c3ccccn3)n(C)c1=O)CS2. The third-order valence-corrected chi connectivity index (χ3v) is 6.42. The Balaban J connectivity index is 1.38. The molecule has 11 heteroatoms. The molecule has 0 saturated carbocycles. The van der Waals surface area contributed by atoms with Gasteiger partial charge < -0.3 is 5.32 Å². The van der Waals surface area contributed by atoms with Gasteiger partial charge in [0.2, 0.25) is 5.91 Å². The lowest BCUT2D eigenvalue weighted by atomic mass is 10.2. The monoisotopic (exact) mass is 441 g/mol. The van der Waals surface area contributed by atoms with Gasteiger partial charge in [-0.3, -0.25) is 23.7 Å². The van der Waals surface area contributed by atoms with Crippen molar-refractivity contribution in [1.82, 2.24) is 34.2 Å². The van der Waals surface area contributed by atoms with Crippen LogP contribution >= 0.6 is 11.8 Å². The van der Waals surface area contributed by atoms with E-state index in [1.165, 1.54) is 21.0 Å². The third-order valence-electron chi connectivity index (χ3n) is 5.32. The average molecular weight is 442 g/mol. The van der Waals surface area contributed by atoms with E-state index in [-0.39, 0.29) is 42.7 Å². The van der Waals surface area contributed by atoms with Gasteiger partial charge in [-0.1, -0.05) is 17.8 Å². The molecule has 1 atom stereocenters. The van der Waals surface area contributed by atoms with Crippen LogP contribution in [-0.2, 0) is 18.4 Å². The summed E-state index contributed by atoms with van der Waals surface area (Å²) in [5, 5.41) is 7.82. The fourth-order valence-corrected chi connectivity index (χ4v) is 4.64. The lowest BCUT2D eigenvalue weighted by Gasteiger charge is -2.14. The molecule has 31 heavy (non-hydrogen) atoms. The maximum Gasteiger partial charge on any atom is 0.346 e. The molecule has 0 saturated heterocycles. The molecule has 3 aromatic heterocycles. The molecule has 10 nitrogen and oxygen atoms in total. The average Bonchev–Trinajstić information content (AvgIpc) is 3.28. The second kappa shape index (κ2) is 8.50. The second-order valence-corrected chi connectivity index (χ2v) is 8.39. The van der Waals surface area contributed by atoms with E-state index in [0.29, 0.717) is 28.0 Å². The highest BCUT2D eigenvalue weighted by Crippen LogP contribution is 2.32. The number of rotatable bonds is 6. The molecule has 4 rings (SSSR count). The van der Waals surface area contributed by atoms with Gasteiger partial charge >= 0.3 is 5.69 Å². The van der Waals surface area contributed by atoms with Gasteiger partial charge in [-0.2, -0.15) is 0 Å². The van der Waals surface area contributed by atoms with Crippen LogP contribution in [0, 0.1) is 13.8 Å². The lowest BCUT2D eigenvalue weighted by molar-refractivity contribution is -0.121. The summed E-state index contributed by atoms with van der Waals surface area (Å²) >= 11 is 1.49.